The minimum atomic E-state index is 0.209. The molecule has 5 heteroatoms. The third kappa shape index (κ3) is 4.09. The van der Waals surface area contributed by atoms with Gasteiger partial charge in [-0.05, 0) is 46.2 Å². The summed E-state index contributed by atoms with van der Waals surface area (Å²) in [5, 5.41) is 7.41. The fraction of sp³-hybridized carbons (Fsp3) is 0.833. The lowest BCUT2D eigenvalue weighted by atomic mass is 10.1. The molecule has 2 rings (SSSR count). The maximum Gasteiger partial charge on any atom is 0.213 e. The molecule has 5 nitrogen and oxygen atoms in total. The van der Waals surface area contributed by atoms with Crippen LogP contribution in [-0.4, -0.2) is 40.2 Å². The standard InChI is InChI=1S/C12H22N4O/c1-12(2,3)14-6-10-4-5-16(7-10)8-11-13-9-17-15-11/h9-10,14H,4-8H2,1-3H3. The Morgan fingerprint density at radius 2 is 2.35 bits per heavy atom. The van der Waals surface area contributed by atoms with E-state index < -0.39 is 0 Å². The quantitative estimate of drug-likeness (QED) is 0.856. The predicted molar refractivity (Wildman–Crippen MR) is 65.4 cm³/mol. The van der Waals surface area contributed by atoms with Gasteiger partial charge in [-0.2, -0.15) is 4.98 Å². The Morgan fingerprint density at radius 3 is 3.00 bits per heavy atom. The summed E-state index contributed by atoms with van der Waals surface area (Å²) in [7, 11) is 0. The minimum absolute atomic E-state index is 0.209. The first-order valence-corrected chi connectivity index (χ1v) is 6.25. The summed E-state index contributed by atoms with van der Waals surface area (Å²) < 4.78 is 4.74. The van der Waals surface area contributed by atoms with Crippen LogP contribution >= 0.6 is 0 Å². The average Bonchev–Trinajstić information content (AvgIpc) is 2.86. The molecule has 0 bridgehead atoms. The smallest absolute Gasteiger partial charge is 0.213 e. The van der Waals surface area contributed by atoms with E-state index in [9.17, 15) is 0 Å². The summed E-state index contributed by atoms with van der Waals surface area (Å²) in [6.07, 6.45) is 2.64. The fourth-order valence-corrected chi connectivity index (χ4v) is 2.14. The number of aromatic nitrogens is 2. The zero-order valence-electron chi connectivity index (χ0n) is 10.9. The van der Waals surface area contributed by atoms with E-state index in [0.29, 0.717) is 0 Å². The van der Waals surface area contributed by atoms with Crippen molar-refractivity contribution in [2.75, 3.05) is 19.6 Å². The largest absolute Gasteiger partial charge is 0.343 e. The summed E-state index contributed by atoms with van der Waals surface area (Å²) in [5.41, 5.74) is 0.209. The zero-order valence-corrected chi connectivity index (χ0v) is 10.9. The monoisotopic (exact) mass is 238 g/mol. The Kier molecular flexibility index (Phi) is 3.79. The van der Waals surface area contributed by atoms with Crippen LogP contribution in [0.3, 0.4) is 0 Å². The molecule has 0 aromatic carbocycles. The summed E-state index contributed by atoms with van der Waals surface area (Å²) >= 11 is 0. The molecule has 0 amide bonds. The van der Waals surface area contributed by atoms with Crippen molar-refractivity contribution in [3.63, 3.8) is 0 Å². The molecule has 1 unspecified atom stereocenters. The SMILES string of the molecule is CC(C)(C)NCC1CCN(Cc2ncon2)C1. The van der Waals surface area contributed by atoms with Gasteiger partial charge < -0.3 is 9.84 Å². The lowest BCUT2D eigenvalue weighted by molar-refractivity contribution is 0.292. The van der Waals surface area contributed by atoms with Crippen LogP contribution in [-0.2, 0) is 6.54 Å². The molecule has 1 aliphatic rings. The van der Waals surface area contributed by atoms with Crippen LogP contribution in [0.15, 0.2) is 10.9 Å². The van der Waals surface area contributed by atoms with Crippen molar-refractivity contribution < 1.29 is 4.52 Å². The Labute approximate surface area is 103 Å². The lowest BCUT2D eigenvalue weighted by Crippen LogP contribution is -2.39. The highest BCUT2D eigenvalue weighted by atomic mass is 16.5. The van der Waals surface area contributed by atoms with E-state index in [1.54, 1.807) is 0 Å². The van der Waals surface area contributed by atoms with Crippen molar-refractivity contribution in [3.8, 4) is 0 Å². The topological polar surface area (TPSA) is 54.2 Å². The molecule has 0 radical (unpaired) electrons. The van der Waals surface area contributed by atoms with E-state index >= 15 is 0 Å². The van der Waals surface area contributed by atoms with Crippen LogP contribution < -0.4 is 5.32 Å². The van der Waals surface area contributed by atoms with Gasteiger partial charge in [0.1, 0.15) is 0 Å². The first-order chi connectivity index (χ1) is 8.03. The van der Waals surface area contributed by atoms with Gasteiger partial charge in [-0.15, -0.1) is 0 Å². The molecule has 1 N–H and O–H groups in total. The maximum atomic E-state index is 4.74. The Bertz CT molecular complexity index is 331. The highest BCUT2D eigenvalue weighted by Gasteiger charge is 2.24. The number of likely N-dealkylation sites (tertiary alicyclic amines) is 1. The fourth-order valence-electron chi connectivity index (χ4n) is 2.14. The molecule has 0 aliphatic carbocycles. The van der Waals surface area contributed by atoms with E-state index in [-0.39, 0.29) is 5.54 Å². The number of hydrogen-bond acceptors (Lipinski definition) is 5. The van der Waals surface area contributed by atoms with Crippen LogP contribution in [0.1, 0.15) is 33.0 Å². The minimum Gasteiger partial charge on any atom is -0.343 e. The second-order valence-electron chi connectivity index (χ2n) is 5.87. The maximum absolute atomic E-state index is 4.74. The number of nitrogens with one attached hydrogen (secondary N) is 1. The number of hydrogen-bond donors (Lipinski definition) is 1. The van der Waals surface area contributed by atoms with Crippen molar-refractivity contribution in [1.29, 1.82) is 0 Å². The Morgan fingerprint density at radius 1 is 1.53 bits per heavy atom. The van der Waals surface area contributed by atoms with Crippen LogP contribution in [0.5, 0.6) is 0 Å². The van der Waals surface area contributed by atoms with E-state index in [1.165, 1.54) is 12.8 Å². The molecule has 2 heterocycles. The molecule has 17 heavy (non-hydrogen) atoms. The van der Waals surface area contributed by atoms with Gasteiger partial charge >= 0.3 is 0 Å². The van der Waals surface area contributed by atoms with E-state index in [0.717, 1.165) is 37.9 Å². The zero-order chi connectivity index (χ0) is 12.3. The first-order valence-electron chi connectivity index (χ1n) is 6.25. The van der Waals surface area contributed by atoms with Gasteiger partial charge in [-0.1, -0.05) is 5.16 Å². The van der Waals surface area contributed by atoms with E-state index in [4.69, 9.17) is 4.52 Å². The van der Waals surface area contributed by atoms with Gasteiger partial charge in [-0.25, -0.2) is 0 Å². The average molecular weight is 238 g/mol. The summed E-state index contributed by atoms with van der Waals surface area (Å²) in [6.45, 7) is 10.8. The molecule has 1 fully saturated rings. The second kappa shape index (κ2) is 5.14. The summed E-state index contributed by atoms with van der Waals surface area (Å²) in [6, 6.07) is 0. The van der Waals surface area contributed by atoms with Crippen molar-refractivity contribution in [2.45, 2.75) is 39.3 Å². The molecule has 1 aliphatic heterocycles. The second-order valence-corrected chi connectivity index (χ2v) is 5.87. The summed E-state index contributed by atoms with van der Waals surface area (Å²) in [5.74, 6) is 1.52. The molecule has 0 spiro atoms. The molecule has 96 valence electrons. The van der Waals surface area contributed by atoms with Gasteiger partial charge in [0.15, 0.2) is 5.82 Å². The van der Waals surface area contributed by atoms with Crippen molar-refractivity contribution in [2.24, 2.45) is 5.92 Å². The van der Waals surface area contributed by atoms with Gasteiger partial charge in [0.2, 0.25) is 6.39 Å². The first kappa shape index (κ1) is 12.5. The molecule has 1 aromatic rings. The van der Waals surface area contributed by atoms with Crippen molar-refractivity contribution in [3.05, 3.63) is 12.2 Å². The van der Waals surface area contributed by atoms with Gasteiger partial charge in [0.05, 0.1) is 6.54 Å². The Balaban J connectivity index is 1.72. The van der Waals surface area contributed by atoms with Gasteiger partial charge in [0.25, 0.3) is 0 Å². The van der Waals surface area contributed by atoms with Gasteiger partial charge in [-0.3, -0.25) is 4.90 Å². The lowest BCUT2D eigenvalue weighted by Gasteiger charge is -2.23. The van der Waals surface area contributed by atoms with Crippen LogP contribution in [0, 0.1) is 5.92 Å². The molecule has 1 atom stereocenters. The molecule has 0 saturated carbocycles. The van der Waals surface area contributed by atoms with Crippen LogP contribution in [0.25, 0.3) is 0 Å². The summed E-state index contributed by atoms with van der Waals surface area (Å²) in [4.78, 5) is 6.44. The molecule has 1 saturated heterocycles. The molecular formula is C12H22N4O. The van der Waals surface area contributed by atoms with Crippen LogP contribution in [0.2, 0.25) is 0 Å². The van der Waals surface area contributed by atoms with Crippen molar-refractivity contribution in [1.82, 2.24) is 20.4 Å². The molecular weight excluding hydrogens is 216 g/mol. The number of rotatable bonds is 4. The van der Waals surface area contributed by atoms with E-state index in [2.05, 4.69) is 41.1 Å². The molecule has 1 aromatic heterocycles. The highest BCUT2D eigenvalue weighted by Crippen LogP contribution is 2.17. The predicted octanol–water partition coefficient (Wildman–Crippen LogP) is 1.28. The normalized spacial score (nSPS) is 22.2. The third-order valence-corrected chi connectivity index (χ3v) is 3.06. The van der Waals surface area contributed by atoms with E-state index in [1.807, 2.05) is 0 Å². The Hall–Kier alpha value is -0.940. The third-order valence-electron chi connectivity index (χ3n) is 3.06. The number of nitrogens with zero attached hydrogens (tertiary/aromatic N) is 3. The highest BCUT2D eigenvalue weighted by molar-refractivity contribution is 4.84. The van der Waals surface area contributed by atoms with Crippen molar-refractivity contribution >= 4 is 0 Å². The van der Waals surface area contributed by atoms with Crippen LogP contribution in [0.4, 0.5) is 0 Å². The van der Waals surface area contributed by atoms with Gasteiger partial charge in [0, 0.05) is 12.1 Å².